The highest BCUT2D eigenvalue weighted by atomic mass is 16.6. The van der Waals surface area contributed by atoms with E-state index >= 15 is 0 Å². The van der Waals surface area contributed by atoms with Crippen LogP contribution in [0.15, 0.2) is 71.8 Å². The lowest BCUT2D eigenvalue weighted by molar-refractivity contribution is -0.283. The van der Waals surface area contributed by atoms with Crippen molar-refractivity contribution in [2.24, 2.45) is 34.5 Å². The number of benzene rings is 2. The van der Waals surface area contributed by atoms with Gasteiger partial charge in [0.2, 0.25) is 0 Å². The molecule has 1 saturated heterocycles. The summed E-state index contributed by atoms with van der Waals surface area (Å²) in [6.07, 6.45) is -3.37. The number of ether oxygens (including phenoxy) is 2. The van der Waals surface area contributed by atoms with Crippen molar-refractivity contribution in [2.75, 3.05) is 6.61 Å². The van der Waals surface area contributed by atoms with Crippen molar-refractivity contribution >= 4 is 17.7 Å². The van der Waals surface area contributed by atoms with Crippen LogP contribution in [0.25, 0.3) is 0 Å². The Morgan fingerprint density at radius 2 is 1.64 bits per heavy atom. The Labute approximate surface area is 276 Å². The Bertz CT molecular complexity index is 1570. The molecule has 6 rings (SSSR count). The van der Waals surface area contributed by atoms with Gasteiger partial charge in [-0.2, -0.15) is 0 Å². The number of carbonyl (C=O) groups is 3. The van der Waals surface area contributed by atoms with Crippen LogP contribution < -0.4 is 5.32 Å². The molecule has 2 aromatic carbocycles. The average Bonchev–Trinajstić information content (AvgIpc) is 3.05. The molecule has 1 amide bonds. The van der Waals surface area contributed by atoms with Crippen LogP contribution in [-0.4, -0.2) is 69.6 Å². The molecular formula is C38H47NO8. The summed E-state index contributed by atoms with van der Waals surface area (Å²) in [4.78, 5) is 41.3. The number of aliphatic hydroxyl groups excluding tert-OH is 2. The van der Waals surface area contributed by atoms with Crippen LogP contribution in [0, 0.1) is 34.5 Å². The van der Waals surface area contributed by atoms with E-state index in [1.807, 2.05) is 34.6 Å². The van der Waals surface area contributed by atoms with Crippen molar-refractivity contribution in [2.45, 2.75) is 90.4 Å². The first-order valence-electron chi connectivity index (χ1n) is 16.7. The number of carbonyl (C=O) groups excluding carboxylic acids is 3. The molecule has 252 valence electrons. The number of esters is 1. The van der Waals surface area contributed by atoms with Crippen molar-refractivity contribution in [3.05, 3.63) is 82.9 Å². The van der Waals surface area contributed by atoms with E-state index in [1.165, 1.54) is 0 Å². The van der Waals surface area contributed by atoms with Gasteiger partial charge in [-0.3, -0.25) is 9.59 Å². The zero-order valence-electron chi connectivity index (χ0n) is 28.0. The summed E-state index contributed by atoms with van der Waals surface area (Å²) in [5.74, 6) is -3.63. The summed E-state index contributed by atoms with van der Waals surface area (Å²) in [5, 5.41) is 38.4. The minimum atomic E-state index is -1.77. The van der Waals surface area contributed by atoms with Gasteiger partial charge in [-0.1, -0.05) is 83.1 Å². The van der Waals surface area contributed by atoms with Crippen LogP contribution in [0.2, 0.25) is 0 Å². The van der Waals surface area contributed by atoms with Gasteiger partial charge >= 0.3 is 5.97 Å². The Morgan fingerprint density at radius 3 is 2.23 bits per heavy atom. The zero-order valence-corrected chi connectivity index (χ0v) is 28.0. The zero-order chi connectivity index (χ0) is 34.1. The molecule has 2 bridgehead atoms. The number of rotatable bonds is 6. The number of aliphatic hydroxyl groups is 3. The third-order valence-corrected chi connectivity index (χ3v) is 12.3. The Hall–Kier alpha value is -3.37. The molecule has 1 aliphatic heterocycles. The van der Waals surface area contributed by atoms with E-state index in [0.717, 1.165) is 0 Å². The summed E-state index contributed by atoms with van der Waals surface area (Å²) in [6.45, 7) is 12.0. The molecule has 0 radical (unpaired) electrons. The first-order chi connectivity index (χ1) is 22.1. The molecule has 47 heavy (non-hydrogen) atoms. The molecule has 0 spiro atoms. The summed E-state index contributed by atoms with van der Waals surface area (Å²) < 4.78 is 11.9. The lowest BCUT2D eigenvalue weighted by atomic mass is 9.44. The van der Waals surface area contributed by atoms with E-state index in [9.17, 15) is 29.7 Å². The highest BCUT2D eigenvalue weighted by Crippen LogP contribution is 2.64. The average molecular weight is 646 g/mol. The lowest BCUT2D eigenvalue weighted by Crippen LogP contribution is -2.71. The van der Waals surface area contributed by atoms with Crippen LogP contribution in [-0.2, 0) is 19.1 Å². The molecule has 0 unspecified atom stereocenters. The van der Waals surface area contributed by atoms with Gasteiger partial charge < -0.3 is 30.1 Å². The maximum Gasteiger partial charge on any atom is 0.338 e. The van der Waals surface area contributed by atoms with E-state index in [1.54, 1.807) is 60.7 Å². The number of nitrogens with one attached hydrogen (secondary N) is 1. The molecule has 3 fully saturated rings. The Balaban J connectivity index is 1.35. The van der Waals surface area contributed by atoms with E-state index in [4.69, 9.17) is 9.47 Å². The number of fused-ring (bicyclic) bond motifs is 5. The van der Waals surface area contributed by atoms with E-state index in [-0.39, 0.29) is 24.2 Å². The number of ketones is 1. The van der Waals surface area contributed by atoms with Gasteiger partial charge in [-0.25, -0.2) is 4.79 Å². The van der Waals surface area contributed by atoms with Crippen LogP contribution in [0.3, 0.4) is 0 Å². The van der Waals surface area contributed by atoms with Gasteiger partial charge in [-0.05, 0) is 47.6 Å². The van der Waals surface area contributed by atoms with Crippen molar-refractivity contribution < 1.29 is 39.2 Å². The van der Waals surface area contributed by atoms with E-state index in [2.05, 4.69) is 12.2 Å². The van der Waals surface area contributed by atoms with Gasteiger partial charge in [0.05, 0.1) is 30.5 Å². The monoisotopic (exact) mass is 645 g/mol. The molecule has 4 aliphatic rings. The SMILES string of the molecule is CC1=C2[C@@H](C)C(=O)[C@H]3[C@H]([C@H](C)[C@](O)(C[C@@H]1OC(=O)[C@H](O)[C@@H](NC(=O)c1ccccc1)c1ccccc1)C2(C)C)[C@]1(C)CO[C@@H]1C[C@@H]3O. The minimum absolute atomic E-state index is 0.0448. The predicted molar refractivity (Wildman–Crippen MR) is 174 cm³/mol. The third-order valence-electron chi connectivity index (χ3n) is 12.3. The van der Waals surface area contributed by atoms with Gasteiger partial charge in [0.1, 0.15) is 11.9 Å². The smallest absolute Gasteiger partial charge is 0.338 e. The summed E-state index contributed by atoms with van der Waals surface area (Å²) in [5.41, 5.74) is -0.472. The van der Waals surface area contributed by atoms with Crippen molar-refractivity contribution in [3.8, 4) is 0 Å². The van der Waals surface area contributed by atoms with Gasteiger partial charge in [0, 0.05) is 41.1 Å². The van der Waals surface area contributed by atoms with E-state index in [0.29, 0.717) is 35.3 Å². The van der Waals surface area contributed by atoms with Crippen molar-refractivity contribution in [3.63, 3.8) is 0 Å². The second kappa shape index (κ2) is 11.9. The molecule has 11 atom stereocenters. The summed E-state index contributed by atoms with van der Waals surface area (Å²) >= 11 is 0. The number of Topliss-reactive ketones (excluding diaryl/α,β-unsaturated/α-hetero) is 1. The van der Waals surface area contributed by atoms with Crippen molar-refractivity contribution in [1.82, 2.24) is 5.32 Å². The fourth-order valence-corrected chi connectivity index (χ4v) is 9.63. The van der Waals surface area contributed by atoms with Crippen LogP contribution in [0.1, 0.15) is 76.3 Å². The molecule has 9 heteroatoms. The second-order valence-corrected chi connectivity index (χ2v) is 15.0. The maximum absolute atomic E-state index is 14.3. The maximum atomic E-state index is 14.3. The first kappa shape index (κ1) is 33.5. The lowest BCUT2D eigenvalue weighted by Gasteiger charge is -2.66. The van der Waals surface area contributed by atoms with E-state index < -0.39 is 70.4 Å². The van der Waals surface area contributed by atoms with Gasteiger partial charge in [0.25, 0.3) is 5.91 Å². The number of hydrogen-bond acceptors (Lipinski definition) is 8. The van der Waals surface area contributed by atoms with Crippen LogP contribution >= 0.6 is 0 Å². The van der Waals surface area contributed by atoms with Gasteiger partial charge in [-0.15, -0.1) is 0 Å². The molecule has 2 saturated carbocycles. The molecule has 9 nitrogen and oxygen atoms in total. The highest BCUT2D eigenvalue weighted by molar-refractivity contribution is 5.95. The Morgan fingerprint density at radius 1 is 1.02 bits per heavy atom. The number of hydrogen-bond donors (Lipinski definition) is 4. The largest absolute Gasteiger partial charge is 0.456 e. The molecule has 0 aromatic heterocycles. The fraction of sp³-hybridized carbons (Fsp3) is 0.553. The fourth-order valence-electron chi connectivity index (χ4n) is 9.63. The standard InChI is InChI=1S/C38H47NO8/c1-20-26(47-35(44)33(42)31(23-13-9-7-10-14-23)39-34(43)24-15-11-8-12-16-24)18-38(45)22(3)30-28(25(40)17-27-37(30,6)19-46-27)32(41)21(2)29(20)36(38,4)5/h7-16,21-22,25-28,30-31,33,40,42,45H,17-19H2,1-6H3,(H,39,43)/t21-,22+,25+,26+,27-,28-,30+,31+,33-,37-,38-/m1/s1. The highest BCUT2D eigenvalue weighted by Gasteiger charge is 2.68. The molecular weight excluding hydrogens is 598 g/mol. The third kappa shape index (κ3) is 5.17. The first-order valence-corrected chi connectivity index (χ1v) is 16.7. The molecule has 1 heterocycles. The molecule has 3 aliphatic carbocycles. The minimum Gasteiger partial charge on any atom is -0.456 e. The molecule has 2 aromatic rings. The second-order valence-electron chi connectivity index (χ2n) is 15.0. The normalized spacial score (nSPS) is 37.2. The van der Waals surface area contributed by atoms with Crippen LogP contribution in [0.4, 0.5) is 0 Å². The predicted octanol–water partition coefficient (Wildman–Crippen LogP) is 4.16. The van der Waals surface area contributed by atoms with Gasteiger partial charge in [0.15, 0.2) is 6.10 Å². The topological polar surface area (TPSA) is 142 Å². The van der Waals surface area contributed by atoms with Crippen molar-refractivity contribution in [1.29, 1.82) is 0 Å². The Kier molecular flexibility index (Phi) is 8.52. The summed E-state index contributed by atoms with van der Waals surface area (Å²) in [6, 6.07) is 16.2. The molecule has 4 N–H and O–H groups in total. The number of amides is 1. The van der Waals surface area contributed by atoms with Crippen LogP contribution in [0.5, 0.6) is 0 Å². The quantitative estimate of drug-likeness (QED) is 0.271. The summed E-state index contributed by atoms with van der Waals surface area (Å²) in [7, 11) is 0.